The molecule has 0 spiro atoms. The Hall–Kier alpha value is -1.11. The van der Waals surface area contributed by atoms with E-state index >= 15 is 0 Å². The molecule has 1 aromatic carbocycles. The molecule has 2 aliphatic carbocycles. The molecule has 2 atom stereocenters. The second-order valence-corrected chi connectivity index (χ2v) is 4.69. The zero-order valence-corrected chi connectivity index (χ0v) is 8.20. The minimum absolute atomic E-state index is 0.371. The maximum absolute atomic E-state index is 10.6. The zero-order valence-electron chi connectivity index (χ0n) is 8.20. The molecule has 1 saturated carbocycles. The Kier molecular flexibility index (Phi) is 1.58. The predicted octanol–water partition coefficient (Wildman–Crippen LogP) is 2.70. The van der Waals surface area contributed by atoms with Crippen molar-refractivity contribution < 1.29 is 4.79 Å². The normalized spacial score (nSPS) is 33.0. The van der Waals surface area contributed by atoms with Gasteiger partial charge in [-0.1, -0.05) is 24.3 Å². The van der Waals surface area contributed by atoms with Gasteiger partial charge < -0.3 is 4.79 Å². The first kappa shape index (κ1) is 8.22. The smallest absolute Gasteiger partial charge is 0.120 e. The van der Waals surface area contributed by atoms with Crippen molar-refractivity contribution in [3.8, 4) is 0 Å². The highest BCUT2D eigenvalue weighted by Crippen LogP contribution is 2.66. The largest absolute Gasteiger partial charge is 0.303 e. The Morgan fingerprint density at radius 2 is 2.29 bits per heavy atom. The maximum atomic E-state index is 10.6. The molecule has 0 aromatic heterocycles. The van der Waals surface area contributed by atoms with Gasteiger partial charge in [-0.15, -0.1) is 0 Å². The van der Waals surface area contributed by atoms with Crippen molar-refractivity contribution in [3.05, 3.63) is 35.4 Å². The monoisotopic (exact) mass is 186 g/mol. The summed E-state index contributed by atoms with van der Waals surface area (Å²) >= 11 is 0. The summed E-state index contributed by atoms with van der Waals surface area (Å²) < 4.78 is 0. The number of benzene rings is 1. The molecule has 1 aromatic rings. The third-order valence-corrected chi connectivity index (χ3v) is 4.00. The first-order chi connectivity index (χ1) is 6.86. The number of fused-ring (bicyclic) bond motifs is 3. The number of hydrogen-bond donors (Lipinski definition) is 0. The van der Waals surface area contributed by atoms with Crippen LogP contribution in [0.15, 0.2) is 24.3 Å². The molecule has 0 heterocycles. The topological polar surface area (TPSA) is 17.1 Å². The van der Waals surface area contributed by atoms with Crippen LogP contribution in [0.5, 0.6) is 0 Å². The molecular weight excluding hydrogens is 172 g/mol. The van der Waals surface area contributed by atoms with Crippen molar-refractivity contribution in [1.29, 1.82) is 0 Å². The van der Waals surface area contributed by atoms with Crippen LogP contribution in [0.25, 0.3) is 0 Å². The molecule has 14 heavy (non-hydrogen) atoms. The predicted molar refractivity (Wildman–Crippen MR) is 55.2 cm³/mol. The fourth-order valence-corrected chi connectivity index (χ4v) is 3.04. The van der Waals surface area contributed by atoms with E-state index in [1.807, 2.05) is 0 Å². The van der Waals surface area contributed by atoms with Crippen LogP contribution in [0.1, 0.15) is 36.3 Å². The van der Waals surface area contributed by atoms with Crippen LogP contribution in [-0.2, 0) is 11.2 Å². The molecule has 0 N–H and O–H groups in total. The van der Waals surface area contributed by atoms with E-state index in [4.69, 9.17) is 0 Å². The first-order valence-electron chi connectivity index (χ1n) is 5.37. The molecule has 0 unspecified atom stereocenters. The van der Waals surface area contributed by atoms with E-state index in [2.05, 4.69) is 24.3 Å². The average Bonchev–Trinajstić information content (AvgIpc) is 2.93. The van der Waals surface area contributed by atoms with Gasteiger partial charge >= 0.3 is 0 Å². The summed E-state index contributed by atoms with van der Waals surface area (Å²) in [6.07, 6.45) is 5.50. The highest BCUT2D eigenvalue weighted by Gasteiger charge is 2.56. The minimum atomic E-state index is 0.371. The molecule has 1 fully saturated rings. The Morgan fingerprint density at radius 3 is 3.14 bits per heavy atom. The third kappa shape index (κ3) is 0.985. The molecule has 1 nitrogen and oxygen atoms in total. The summed E-state index contributed by atoms with van der Waals surface area (Å²) in [7, 11) is 0. The highest BCUT2D eigenvalue weighted by molar-refractivity contribution is 5.55. The standard InChI is InChI=1S/C13H14O/c14-8-7-13-6-5-10-3-1-2-4-11(10)12(13)9-13/h1-4,8,12H,5-7,9H2/t12-,13-/m0/s1. The number of aryl methyl sites for hydroxylation is 1. The molecule has 0 bridgehead atoms. The lowest BCUT2D eigenvalue weighted by molar-refractivity contribution is -0.109. The number of aldehydes is 1. The van der Waals surface area contributed by atoms with Crippen LogP contribution in [0.3, 0.4) is 0 Å². The number of rotatable bonds is 2. The molecule has 72 valence electrons. The van der Waals surface area contributed by atoms with Crippen LogP contribution >= 0.6 is 0 Å². The Labute approximate surface area is 84.1 Å². The number of carbonyl (C=O) groups is 1. The van der Waals surface area contributed by atoms with E-state index in [9.17, 15) is 4.79 Å². The van der Waals surface area contributed by atoms with E-state index in [1.54, 1.807) is 0 Å². The molecular formula is C13H14O. The zero-order chi connectivity index (χ0) is 9.60. The van der Waals surface area contributed by atoms with E-state index in [0.29, 0.717) is 11.3 Å². The van der Waals surface area contributed by atoms with Gasteiger partial charge in [-0.05, 0) is 41.7 Å². The molecule has 0 saturated heterocycles. The van der Waals surface area contributed by atoms with Crippen molar-refractivity contribution in [2.24, 2.45) is 5.41 Å². The van der Waals surface area contributed by atoms with Gasteiger partial charge in [0.2, 0.25) is 0 Å². The van der Waals surface area contributed by atoms with E-state index in [-0.39, 0.29) is 0 Å². The maximum Gasteiger partial charge on any atom is 0.120 e. The molecule has 1 heteroatoms. The van der Waals surface area contributed by atoms with Gasteiger partial charge in [0.15, 0.2) is 0 Å². The van der Waals surface area contributed by atoms with E-state index < -0.39 is 0 Å². The fourth-order valence-electron chi connectivity index (χ4n) is 3.04. The van der Waals surface area contributed by atoms with Gasteiger partial charge in [-0.3, -0.25) is 0 Å². The van der Waals surface area contributed by atoms with E-state index in [1.165, 1.54) is 30.4 Å². The Balaban J connectivity index is 1.97. The third-order valence-electron chi connectivity index (χ3n) is 4.00. The fraction of sp³-hybridized carbons (Fsp3) is 0.462. The quantitative estimate of drug-likeness (QED) is 0.649. The summed E-state index contributed by atoms with van der Waals surface area (Å²) in [5.41, 5.74) is 3.40. The van der Waals surface area contributed by atoms with Gasteiger partial charge in [0.25, 0.3) is 0 Å². The molecule has 0 radical (unpaired) electrons. The summed E-state index contributed by atoms with van der Waals surface area (Å²) in [6, 6.07) is 8.71. The van der Waals surface area contributed by atoms with Crippen molar-refractivity contribution in [2.75, 3.05) is 0 Å². The lowest BCUT2D eigenvalue weighted by atomic mass is 9.82. The summed E-state index contributed by atoms with van der Waals surface area (Å²) in [6.45, 7) is 0. The SMILES string of the molecule is O=CC[C@]12CCc3ccccc3[C@@H]1C2. The minimum Gasteiger partial charge on any atom is -0.303 e. The van der Waals surface area contributed by atoms with Crippen LogP contribution in [-0.4, -0.2) is 6.29 Å². The van der Waals surface area contributed by atoms with Crippen molar-refractivity contribution >= 4 is 6.29 Å². The van der Waals surface area contributed by atoms with Gasteiger partial charge in [0.05, 0.1) is 0 Å². The van der Waals surface area contributed by atoms with Crippen LogP contribution in [0.2, 0.25) is 0 Å². The average molecular weight is 186 g/mol. The molecule has 2 aliphatic rings. The van der Waals surface area contributed by atoms with Gasteiger partial charge in [-0.25, -0.2) is 0 Å². The highest BCUT2D eigenvalue weighted by atomic mass is 16.1. The van der Waals surface area contributed by atoms with Crippen LogP contribution < -0.4 is 0 Å². The molecule has 0 amide bonds. The van der Waals surface area contributed by atoms with Crippen LogP contribution in [0.4, 0.5) is 0 Å². The van der Waals surface area contributed by atoms with Gasteiger partial charge in [-0.2, -0.15) is 0 Å². The second-order valence-electron chi connectivity index (χ2n) is 4.69. The number of hydrogen-bond acceptors (Lipinski definition) is 1. The lowest BCUT2D eigenvalue weighted by Crippen LogP contribution is -2.12. The van der Waals surface area contributed by atoms with Gasteiger partial charge in [0.1, 0.15) is 6.29 Å². The summed E-state index contributed by atoms with van der Waals surface area (Å²) in [4.78, 5) is 10.6. The second kappa shape index (κ2) is 2.69. The molecule has 0 aliphatic heterocycles. The van der Waals surface area contributed by atoms with Crippen LogP contribution in [0, 0.1) is 5.41 Å². The first-order valence-corrected chi connectivity index (χ1v) is 5.37. The lowest BCUT2D eigenvalue weighted by Gasteiger charge is -2.22. The Bertz CT molecular complexity index is 383. The van der Waals surface area contributed by atoms with Crippen molar-refractivity contribution in [2.45, 2.75) is 31.6 Å². The Morgan fingerprint density at radius 1 is 1.43 bits per heavy atom. The van der Waals surface area contributed by atoms with E-state index in [0.717, 1.165) is 12.7 Å². The van der Waals surface area contributed by atoms with Crippen molar-refractivity contribution in [1.82, 2.24) is 0 Å². The summed E-state index contributed by atoms with van der Waals surface area (Å²) in [5, 5.41) is 0. The van der Waals surface area contributed by atoms with Gasteiger partial charge in [0, 0.05) is 6.42 Å². The number of carbonyl (C=O) groups excluding carboxylic acids is 1. The summed E-state index contributed by atoms with van der Waals surface area (Å²) in [5.74, 6) is 0.692. The van der Waals surface area contributed by atoms with Crippen molar-refractivity contribution in [3.63, 3.8) is 0 Å². The molecule has 3 rings (SSSR count).